The fourth-order valence-electron chi connectivity index (χ4n) is 3.71. The largest absolute Gasteiger partial charge is 0.497 e. The molecule has 0 amide bonds. The zero-order valence-corrected chi connectivity index (χ0v) is 17.7. The van der Waals surface area contributed by atoms with Crippen molar-refractivity contribution >= 4 is 28.9 Å². The number of carbonyl (C=O) groups is 2. The molecule has 158 valence electrons. The molecule has 1 aliphatic carbocycles. The molecule has 0 heterocycles. The maximum absolute atomic E-state index is 14.7. The van der Waals surface area contributed by atoms with Crippen molar-refractivity contribution in [2.24, 2.45) is 5.92 Å². The molecule has 7 heteroatoms. The van der Waals surface area contributed by atoms with Gasteiger partial charge in [0.2, 0.25) is 0 Å². The number of benzene rings is 2. The minimum atomic E-state index is -1.17. The van der Waals surface area contributed by atoms with Gasteiger partial charge in [0, 0.05) is 22.6 Å². The third kappa shape index (κ3) is 4.33. The van der Waals surface area contributed by atoms with Crippen LogP contribution in [-0.2, 0) is 14.3 Å². The minimum absolute atomic E-state index is 0.115. The van der Waals surface area contributed by atoms with Crippen LogP contribution in [0.5, 0.6) is 11.5 Å². The van der Waals surface area contributed by atoms with Crippen LogP contribution in [-0.4, -0.2) is 32.6 Å². The number of hydrogen-bond donors (Lipinski definition) is 0. The quantitative estimate of drug-likeness (QED) is 0.484. The van der Waals surface area contributed by atoms with Gasteiger partial charge in [-0.15, -0.1) is 0 Å². The van der Waals surface area contributed by atoms with Gasteiger partial charge in [0.25, 0.3) is 0 Å². The SMILES string of the molecule is CCOC(=O)[C@@H]1C(=O)C=C(c2cc(OC)cc(OC)c2)C[C@H]1c1c(F)cccc1Cl. The predicted molar refractivity (Wildman–Crippen MR) is 111 cm³/mol. The summed E-state index contributed by atoms with van der Waals surface area (Å²) in [5.41, 5.74) is 1.44. The number of methoxy groups -OCH3 is 2. The molecule has 0 radical (unpaired) electrons. The number of ether oxygens (including phenoxy) is 3. The van der Waals surface area contributed by atoms with Crippen LogP contribution < -0.4 is 9.47 Å². The Balaban J connectivity index is 2.12. The molecule has 0 fully saturated rings. The molecule has 0 spiro atoms. The van der Waals surface area contributed by atoms with Crippen molar-refractivity contribution in [1.29, 1.82) is 0 Å². The van der Waals surface area contributed by atoms with Gasteiger partial charge in [-0.3, -0.25) is 9.59 Å². The third-order valence-electron chi connectivity index (χ3n) is 5.10. The lowest BCUT2D eigenvalue weighted by molar-refractivity contribution is -0.151. The van der Waals surface area contributed by atoms with Gasteiger partial charge in [-0.1, -0.05) is 17.7 Å². The van der Waals surface area contributed by atoms with E-state index < -0.39 is 29.4 Å². The summed E-state index contributed by atoms with van der Waals surface area (Å²) >= 11 is 6.28. The van der Waals surface area contributed by atoms with E-state index in [0.29, 0.717) is 22.6 Å². The first-order valence-corrected chi connectivity index (χ1v) is 9.85. The maximum Gasteiger partial charge on any atom is 0.317 e. The van der Waals surface area contributed by atoms with Gasteiger partial charge >= 0.3 is 5.97 Å². The highest BCUT2D eigenvalue weighted by Crippen LogP contribution is 2.44. The van der Waals surface area contributed by atoms with Crippen LogP contribution in [0, 0.1) is 11.7 Å². The summed E-state index contributed by atoms with van der Waals surface area (Å²) in [7, 11) is 3.05. The van der Waals surface area contributed by atoms with Crippen molar-refractivity contribution in [3.8, 4) is 11.5 Å². The molecule has 0 aliphatic heterocycles. The van der Waals surface area contributed by atoms with Gasteiger partial charge in [0.05, 0.1) is 20.8 Å². The average molecular weight is 433 g/mol. The topological polar surface area (TPSA) is 61.8 Å². The molecule has 0 saturated heterocycles. The first-order chi connectivity index (χ1) is 14.4. The second kappa shape index (κ2) is 9.30. The Labute approximate surface area is 179 Å². The van der Waals surface area contributed by atoms with E-state index in [2.05, 4.69) is 0 Å². The third-order valence-corrected chi connectivity index (χ3v) is 5.43. The Kier molecular flexibility index (Phi) is 6.77. The Morgan fingerprint density at radius 1 is 1.17 bits per heavy atom. The minimum Gasteiger partial charge on any atom is -0.497 e. The molecule has 0 aromatic heterocycles. The van der Waals surface area contributed by atoms with Gasteiger partial charge in [0.1, 0.15) is 23.2 Å². The number of allylic oxidation sites excluding steroid dienone is 2. The van der Waals surface area contributed by atoms with Crippen LogP contribution in [0.4, 0.5) is 4.39 Å². The van der Waals surface area contributed by atoms with Crippen molar-refractivity contribution in [3.05, 3.63) is 64.4 Å². The van der Waals surface area contributed by atoms with Crippen LogP contribution in [0.2, 0.25) is 5.02 Å². The fraction of sp³-hybridized carbons (Fsp3) is 0.304. The van der Waals surface area contributed by atoms with Crippen molar-refractivity contribution < 1.29 is 28.2 Å². The molecule has 0 N–H and O–H groups in total. The summed E-state index contributed by atoms with van der Waals surface area (Å²) in [5, 5.41) is 0.159. The second-order valence-corrected chi connectivity index (χ2v) is 7.26. The first kappa shape index (κ1) is 21.8. The first-order valence-electron chi connectivity index (χ1n) is 9.48. The maximum atomic E-state index is 14.7. The molecule has 30 heavy (non-hydrogen) atoms. The summed E-state index contributed by atoms with van der Waals surface area (Å²) in [6.45, 7) is 1.77. The van der Waals surface area contributed by atoms with Crippen molar-refractivity contribution in [2.45, 2.75) is 19.3 Å². The van der Waals surface area contributed by atoms with Gasteiger partial charge in [-0.2, -0.15) is 0 Å². The fourth-order valence-corrected chi connectivity index (χ4v) is 4.02. The van der Waals surface area contributed by atoms with E-state index >= 15 is 0 Å². The van der Waals surface area contributed by atoms with E-state index in [1.807, 2.05) is 0 Å². The van der Waals surface area contributed by atoms with E-state index in [9.17, 15) is 14.0 Å². The van der Waals surface area contributed by atoms with Crippen LogP contribution in [0.3, 0.4) is 0 Å². The van der Waals surface area contributed by atoms with Gasteiger partial charge < -0.3 is 14.2 Å². The van der Waals surface area contributed by atoms with Gasteiger partial charge in [-0.25, -0.2) is 4.39 Å². The zero-order valence-electron chi connectivity index (χ0n) is 16.9. The number of ketones is 1. The van der Waals surface area contributed by atoms with Crippen LogP contribution in [0.15, 0.2) is 42.5 Å². The van der Waals surface area contributed by atoms with Crippen molar-refractivity contribution in [1.82, 2.24) is 0 Å². The highest BCUT2D eigenvalue weighted by Gasteiger charge is 2.41. The lowest BCUT2D eigenvalue weighted by atomic mass is 9.73. The lowest BCUT2D eigenvalue weighted by Gasteiger charge is -2.30. The summed E-state index contributed by atoms with van der Waals surface area (Å²) < 4.78 is 30.5. The lowest BCUT2D eigenvalue weighted by Crippen LogP contribution is -2.34. The summed E-state index contributed by atoms with van der Waals surface area (Å²) in [5.74, 6) is -2.60. The number of carbonyl (C=O) groups excluding carboxylic acids is 2. The summed E-state index contributed by atoms with van der Waals surface area (Å²) in [6, 6.07) is 9.51. The van der Waals surface area contributed by atoms with E-state index in [4.69, 9.17) is 25.8 Å². The molecule has 1 aliphatic rings. The molecule has 2 atom stereocenters. The molecule has 2 aromatic carbocycles. The Hall–Kier alpha value is -2.86. The second-order valence-electron chi connectivity index (χ2n) is 6.85. The zero-order chi connectivity index (χ0) is 21.8. The standard InChI is InChI=1S/C23H22ClFO5/c1-4-30-23(27)22-17(21-18(24)6-5-7-19(21)25)10-14(11-20(22)26)13-8-15(28-2)12-16(9-13)29-3/h5-9,11-12,17,22H,4,10H2,1-3H3/t17-,22-/m0/s1. The van der Waals surface area contributed by atoms with Crippen LogP contribution in [0.1, 0.15) is 30.4 Å². The molecule has 5 nitrogen and oxygen atoms in total. The molecule has 2 aromatic rings. The molecule has 0 bridgehead atoms. The van der Waals surface area contributed by atoms with E-state index in [1.165, 1.54) is 32.4 Å². The van der Waals surface area contributed by atoms with Gasteiger partial charge in [0.15, 0.2) is 5.78 Å². The van der Waals surface area contributed by atoms with Crippen LogP contribution >= 0.6 is 11.6 Å². The number of hydrogen-bond acceptors (Lipinski definition) is 5. The Morgan fingerprint density at radius 2 is 1.83 bits per heavy atom. The highest BCUT2D eigenvalue weighted by molar-refractivity contribution is 6.31. The highest BCUT2D eigenvalue weighted by atomic mass is 35.5. The number of rotatable bonds is 6. The Bertz CT molecular complexity index is 959. The van der Waals surface area contributed by atoms with E-state index in [0.717, 1.165) is 0 Å². The summed E-state index contributed by atoms with van der Waals surface area (Å²) in [4.78, 5) is 25.6. The Morgan fingerprint density at radius 3 is 2.40 bits per heavy atom. The monoisotopic (exact) mass is 432 g/mol. The molecule has 0 saturated carbocycles. The van der Waals surface area contributed by atoms with Crippen molar-refractivity contribution in [3.63, 3.8) is 0 Å². The number of halogens is 2. The normalized spacial score (nSPS) is 18.6. The molecule has 0 unspecified atom stereocenters. The molecular weight excluding hydrogens is 411 g/mol. The van der Waals surface area contributed by atoms with Crippen LogP contribution in [0.25, 0.3) is 5.57 Å². The predicted octanol–water partition coefficient (Wildman–Crippen LogP) is 4.82. The van der Waals surface area contributed by atoms with Crippen molar-refractivity contribution in [2.75, 3.05) is 20.8 Å². The smallest absolute Gasteiger partial charge is 0.317 e. The molecular formula is C23H22ClFO5. The van der Waals surface area contributed by atoms with Gasteiger partial charge in [-0.05, 0) is 54.8 Å². The van der Waals surface area contributed by atoms with E-state index in [1.54, 1.807) is 31.2 Å². The summed E-state index contributed by atoms with van der Waals surface area (Å²) in [6.07, 6.45) is 1.62. The molecule has 3 rings (SSSR count). The van der Waals surface area contributed by atoms with E-state index in [-0.39, 0.29) is 23.6 Å². The number of esters is 1. The average Bonchev–Trinajstić information content (AvgIpc) is 2.73.